The zero-order valence-electron chi connectivity index (χ0n) is 6.46. The van der Waals surface area contributed by atoms with E-state index in [9.17, 15) is 4.79 Å². The first kappa shape index (κ1) is 7.28. The molecule has 0 aromatic carbocycles. The SMILES string of the molecule is CCC1SC[C@@H]2NC(=O)N[C@H]12. The molecule has 62 valence electrons. The van der Waals surface area contributed by atoms with E-state index in [1.165, 1.54) is 0 Å². The van der Waals surface area contributed by atoms with Crippen molar-refractivity contribution in [2.75, 3.05) is 5.75 Å². The Labute approximate surface area is 70.3 Å². The summed E-state index contributed by atoms with van der Waals surface area (Å²) in [6.45, 7) is 2.17. The Balaban J connectivity index is 2.07. The standard InChI is InChI=1S/C7H12N2OS/c1-2-5-6-4(3-11-5)8-7(10)9-6/h4-6H,2-3H2,1H3,(H2,8,9,10)/t4-,5?,6-/m0/s1. The Morgan fingerprint density at radius 1 is 1.64 bits per heavy atom. The Bertz CT molecular complexity index is 185. The van der Waals surface area contributed by atoms with Crippen LogP contribution in [0.25, 0.3) is 0 Å². The summed E-state index contributed by atoms with van der Waals surface area (Å²) < 4.78 is 0. The maximum Gasteiger partial charge on any atom is 0.315 e. The van der Waals surface area contributed by atoms with Gasteiger partial charge in [0.1, 0.15) is 0 Å². The molecule has 2 N–H and O–H groups in total. The van der Waals surface area contributed by atoms with Crippen LogP contribution in [0.2, 0.25) is 0 Å². The number of nitrogens with one attached hydrogen (secondary N) is 2. The Morgan fingerprint density at radius 3 is 3.18 bits per heavy atom. The Hall–Kier alpha value is -0.380. The highest BCUT2D eigenvalue weighted by Gasteiger charge is 2.41. The molecule has 0 aromatic heterocycles. The van der Waals surface area contributed by atoms with E-state index in [2.05, 4.69) is 17.6 Å². The number of carbonyl (C=O) groups excluding carboxylic acids is 1. The van der Waals surface area contributed by atoms with Crippen LogP contribution in [-0.4, -0.2) is 29.1 Å². The van der Waals surface area contributed by atoms with Gasteiger partial charge in [-0.05, 0) is 6.42 Å². The van der Waals surface area contributed by atoms with Crippen LogP contribution in [0.3, 0.4) is 0 Å². The molecule has 0 aliphatic carbocycles. The van der Waals surface area contributed by atoms with Crippen molar-refractivity contribution in [2.45, 2.75) is 30.7 Å². The number of urea groups is 1. The fraction of sp³-hybridized carbons (Fsp3) is 0.857. The molecule has 3 atom stereocenters. The van der Waals surface area contributed by atoms with Crippen LogP contribution in [0.4, 0.5) is 4.79 Å². The highest BCUT2D eigenvalue weighted by atomic mass is 32.2. The third kappa shape index (κ3) is 1.09. The van der Waals surface area contributed by atoms with Gasteiger partial charge in [0.15, 0.2) is 0 Å². The fourth-order valence-corrected chi connectivity index (χ4v) is 3.20. The average molecular weight is 172 g/mol. The molecule has 0 bridgehead atoms. The summed E-state index contributed by atoms with van der Waals surface area (Å²) in [4.78, 5) is 10.9. The van der Waals surface area contributed by atoms with Gasteiger partial charge >= 0.3 is 6.03 Å². The van der Waals surface area contributed by atoms with Crippen molar-refractivity contribution in [3.63, 3.8) is 0 Å². The van der Waals surface area contributed by atoms with Crippen molar-refractivity contribution in [2.24, 2.45) is 0 Å². The lowest BCUT2D eigenvalue weighted by Crippen LogP contribution is -2.36. The number of hydrogen-bond donors (Lipinski definition) is 2. The number of hydrogen-bond acceptors (Lipinski definition) is 2. The van der Waals surface area contributed by atoms with Gasteiger partial charge in [-0.2, -0.15) is 11.8 Å². The van der Waals surface area contributed by atoms with E-state index in [0.29, 0.717) is 17.3 Å². The third-order valence-corrected chi connectivity index (χ3v) is 3.95. The monoisotopic (exact) mass is 172 g/mol. The van der Waals surface area contributed by atoms with E-state index in [0.717, 1.165) is 12.2 Å². The minimum Gasteiger partial charge on any atom is -0.332 e. The molecule has 11 heavy (non-hydrogen) atoms. The predicted molar refractivity (Wildman–Crippen MR) is 45.8 cm³/mol. The molecule has 2 aliphatic rings. The molecule has 0 spiro atoms. The maximum absolute atomic E-state index is 10.9. The highest BCUT2D eigenvalue weighted by molar-refractivity contribution is 8.00. The minimum absolute atomic E-state index is 0.0127. The van der Waals surface area contributed by atoms with Crippen molar-refractivity contribution in [1.29, 1.82) is 0 Å². The highest BCUT2D eigenvalue weighted by Crippen LogP contribution is 2.31. The zero-order chi connectivity index (χ0) is 7.84. The molecular formula is C7H12N2OS. The van der Waals surface area contributed by atoms with Crippen LogP contribution in [0.5, 0.6) is 0 Å². The number of fused-ring (bicyclic) bond motifs is 1. The first-order chi connectivity index (χ1) is 5.31. The molecule has 3 nitrogen and oxygen atoms in total. The van der Waals surface area contributed by atoms with Crippen LogP contribution in [0.15, 0.2) is 0 Å². The normalized spacial score (nSPS) is 41.5. The number of carbonyl (C=O) groups is 1. The van der Waals surface area contributed by atoms with Gasteiger partial charge in [0.2, 0.25) is 0 Å². The van der Waals surface area contributed by atoms with E-state index in [4.69, 9.17) is 0 Å². The molecule has 2 heterocycles. The first-order valence-corrected chi connectivity index (χ1v) is 5.04. The van der Waals surface area contributed by atoms with Crippen LogP contribution < -0.4 is 10.6 Å². The van der Waals surface area contributed by atoms with Gasteiger partial charge in [-0.25, -0.2) is 4.79 Å². The van der Waals surface area contributed by atoms with Crippen molar-refractivity contribution in [1.82, 2.24) is 10.6 Å². The summed E-state index contributed by atoms with van der Waals surface area (Å²) in [5.74, 6) is 1.07. The molecule has 2 fully saturated rings. The van der Waals surface area contributed by atoms with Gasteiger partial charge < -0.3 is 10.6 Å². The summed E-state index contributed by atoms with van der Waals surface area (Å²) in [5.41, 5.74) is 0. The molecule has 0 aromatic rings. The maximum atomic E-state index is 10.9. The summed E-state index contributed by atoms with van der Waals surface area (Å²) in [7, 11) is 0. The smallest absolute Gasteiger partial charge is 0.315 e. The average Bonchev–Trinajstić information content (AvgIpc) is 2.45. The van der Waals surface area contributed by atoms with Gasteiger partial charge in [-0.3, -0.25) is 0 Å². The molecule has 2 rings (SSSR count). The molecule has 1 unspecified atom stereocenters. The number of thioether (sulfide) groups is 1. The van der Waals surface area contributed by atoms with Gasteiger partial charge in [0.05, 0.1) is 12.1 Å². The van der Waals surface area contributed by atoms with Crippen LogP contribution in [0.1, 0.15) is 13.3 Å². The zero-order valence-corrected chi connectivity index (χ0v) is 7.28. The van der Waals surface area contributed by atoms with E-state index in [-0.39, 0.29) is 6.03 Å². The van der Waals surface area contributed by atoms with E-state index >= 15 is 0 Å². The second-order valence-electron chi connectivity index (χ2n) is 3.03. The lowest BCUT2D eigenvalue weighted by atomic mass is 10.1. The summed E-state index contributed by atoms with van der Waals surface area (Å²) in [6, 6.07) is 0.786. The Kier molecular flexibility index (Phi) is 1.71. The van der Waals surface area contributed by atoms with Crippen molar-refractivity contribution >= 4 is 17.8 Å². The van der Waals surface area contributed by atoms with E-state index < -0.39 is 0 Å². The van der Waals surface area contributed by atoms with Crippen LogP contribution in [-0.2, 0) is 0 Å². The summed E-state index contributed by atoms with van der Waals surface area (Å²) in [6.07, 6.45) is 1.15. The van der Waals surface area contributed by atoms with E-state index in [1.807, 2.05) is 11.8 Å². The predicted octanol–water partition coefficient (Wildman–Crippen LogP) is 0.562. The molecule has 4 heteroatoms. The fourth-order valence-electron chi connectivity index (χ4n) is 1.75. The molecule has 0 saturated carbocycles. The molecule has 2 saturated heterocycles. The molecule has 2 aliphatic heterocycles. The van der Waals surface area contributed by atoms with Gasteiger partial charge in [0.25, 0.3) is 0 Å². The van der Waals surface area contributed by atoms with Crippen molar-refractivity contribution < 1.29 is 4.79 Å². The minimum atomic E-state index is 0.0127. The van der Waals surface area contributed by atoms with Gasteiger partial charge in [-0.15, -0.1) is 0 Å². The number of rotatable bonds is 1. The van der Waals surface area contributed by atoms with Crippen LogP contribution in [0, 0.1) is 0 Å². The molecule has 2 amide bonds. The van der Waals surface area contributed by atoms with Crippen LogP contribution >= 0.6 is 11.8 Å². The molecule has 0 radical (unpaired) electrons. The van der Waals surface area contributed by atoms with Gasteiger partial charge in [0, 0.05) is 11.0 Å². The third-order valence-electron chi connectivity index (χ3n) is 2.34. The summed E-state index contributed by atoms with van der Waals surface area (Å²) in [5, 5.41) is 6.48. The summed E-state index contributed by atoms with van der Waals surface area (Å²) >= 11 is 1.96. The number of amides is 2. The second kappa shape index (κ2) is 2.59. The second-order valence-corrected chi connectivity index (χ2v) is 4.30. The topological polar surface area (TPSA) is 41.1 Å². The van der Waals surface area contributed by atoms with Crippen molar-refractivity contribution in [3.05, 3.63) is 0 Å². The van der Waals surface area contributed by atoms with E-state index in [1.54, 1.807) is 0 Å². The van der Waals surface area contributed by atoms with Gasteiger partial charge in [-0.1, -0.05) is 6.92 Å². The Morgan fingerprint density at radius 2 is 2.45 bits per heavy atom. The lowest BCUT2D eigenvalue weighted by molar-refractivity contribution is 0.247. The first-order valence-electron chi connectivity index (χ1n) is 4.00. The quantitative estimate of drug-likeness (QED) is 0.567. The molecular weight excluding hydrogens is 160 g/mol. The largest absolute Gasteiger partial charge is 0.332 e. The lowest BCUT2D eigenvalue weighted by Gasteiger charge is -2.13. The van der Waals surface area contributed by atoms with Crippen molar-refractivity contribution in [3.8, 4) is 0 Å².